The number of rotatable bonds is 5. The summed E-state index contributed by atoms with van der Waals surface area (Å²) in [6, 6.07) is 15.7. The number of fused-ring (bicyclic) bond motifs is 1. The minimum atomic E-state index is -0.105. The van der Waals surface area contributed by atoms with Crippen LogP contribution in [0.2, 0.25) is 0 Å². The fourth-order valence-electron chi connectivity index (χ4n) is 2.84. The third-order valence-corrected chi connectivity index (χ3v) is 5.52. The number of carbonyl (C=O) groups is 2. The van der Waals surface area contributed by atoms with E-state index in [2.05, 4.69) is 17.4 Å². The number of hydrogen-bond donors (Lipinski definition) is 1. The van der Waals surface area contributed by atoms with Crippen molar-refractivity contribution >= 4 is 29.3 Å². The summed E-state index contributed by atoms with van der Waals surface area (Å²) in [7, 11) is 0. The number of hydrogen-bond acceptors (Lipinski definition) is 3. The first-order valence-corrected chi connectivity index (χ1v) is 9.41. The van der Waals surface area contributed by atoms with Crippen LogP contribution in [-0.4, -0.2) is 35.1 Å². The van der Waals surface area contributed by atoms with Gasteiger partial charge >= 0.3 is 0 Å². The predicted molar refractivity (Wildman–Crippen MR) is 102 cm³/mol. The molecule has 1 N–H and O–H groups in total. The van der Waals surface area contributed by atoms with Crippen molar-refractivity contribution in [3.63, 3.8) is 0 Å². The van der Waals surface area contributed by atoms with Crippen molar-refractivity contribution in [3.8, 4) is 0 Å². The quantitative estimate of drug-likeness (QED) is 0.888. The third kappa shape index (κ3) is 4.04. The SMILES string of the molecule is CCN(CCc1ccccc1)C(=O)c1ccc2c(c1)NC(=O)C(C)S2. The first kappa shape index (κ1) is 17.5. The number of thioether (sulfide) groups is 1. The molecule has 0 saturated carbocycles. The molecular formula is C20H22N2O2S. The molecule has 2 aromatic carbocycles. The second kappa shape index (κ2) is 7.74. The summed E-state index contributed by atoms with van der Waals surface area (Å²) in [4.78, 5) is 27.5. The molecule has 1 aliphatic rings. The number of benzene rings is 2. The van der Waals surface area contributed by atoms with Gasteiger partial charge in [-0.1, -0.05) is 30.3 Å². The number of likely N-dealkylation sites (N-methyl/N-ethyl adjacent to an activating group) is 1. The molecule has 4 nitrogen and oxygen atoms in total. The third-order valence-electron chi connectivity index (χ3n) is 4.34. The molecule has 0 aliphatic carbocycles. The van der Waals surface area contributed by atoms with Crippen molar-refractivity contribution in [1.29, 1.82) is 0 Å². The highest BCUT2D eigenvalue weighted by Gasteiger charge is 2.24. The molecule has 1 unspecified atom stereocenters. The van der Waals surface area contributed by atoms with E-state index in [0.29, 0.717) is 18.7 Å². The zero-order chi connectivity index (χ0) is 17.8. The van der Waals surface area contributed by atoms with E-state index in [9.17, 15) is 9.59 Å². The first-order chi connectivity index (χ1) is 12.1. The van der Waals surface area contributed by atoms with Gasteiger partial charge in [0.25, 0.3) is 5.91 Å². The average Bonchev–Trinajstić information content (AvgIpc) is 2.63. The van der Waals surface area contributed by atoms with Crippen LogP contribution in [0.1, 0.15) is 29.8 Å². The number of carbonyl (C=O) groups excluding carboxylic acids is 2. The van der Waals surface area contributed by atoms with Gasteiger partial charge in [0.05, 0.1) is 10.9 Å². The molecule has 0 spiro atoms. The fraction of sp³-hybridized carbons (Fsp3) is 0.300. The highest BCUT2D eigenvalue weighted by atomic mass is 32.2. The van der Waals surface area contributed by atoms with Crippen LogP contribution in [0.15, 0.2) is 53.4 Å². The highest BCUT2D eigenvalue weighted by Crippen LogP contribution is 2.36. The number of nitrogens with one attached hydrogen (secondary N) is 1. The fourth-order valence-corrected chi connectivity index (χ4v) is 3.77. The Morgan fingerprint density at radius 1 is 1.20 bits per heavy atom. The molecule has 3 rings (SSSR count). The normalized spacial score (nSPS) is 16.1. The van der Waals surface area contributed by atoms with Crippen LogP contribution in [0.25, 0.3) is 0 Å². The van der Waals surface area contributed by atoms with Crippen LogP contribution in [-0.2, 0) is 11.2 Å². The van der Waals surface area contributed by atoms with E-state index >= 15 is 0 Å². The summed E-state index contributed by atoms with van der Waals surface area (Å²) in [5.41, 5.74) is 2.57. The molecular weight excluding hydrogens is 332 g/mol. The summed E-state index contributed by atoms with van der Waals surface area (Å²) in [6.45, 7) is 5.19. The Balaban J connectivity index is 1.72. The summed E-state index contributed by atoms with van der Waals surface area (Å²) in [5.74, 6) is -0.0161. The van der Waals surface area contributed by atoms with Crippen molar-refractivity contribution in [2.45, 2.75) is 30.4 Å². The lowest BCUT2D eigenvalue weighted by atomic mass is 10.1. The minimum absolute atomic E-state index is 0.000831. The van der Waals surface area contributed by atoms with Crippen LogP contribution in [0.5, 0.6) is 0 Å². The molecule has 5 heteroatoms. The molecule has 0 saturated heterocycles. The highest BCUT2D eigenvalue weighted by molar-refractivity contribution is 8.00. The predicted octanol–water partition coefficient (Wildman–Crippen LogP) is 3.82. The van der Waals surface area contributed by atoms with E-state index < -0.39 is 0 Å². The van der Waals surface area contributed by atoms with Gasteiger partial charge in [0.1, 0.15) is 0 Å². The van der Waals surface area contributed by atoms with Crippen LogP contribution in [0.4, 0.5) is 5.69 Å². The molecule has 0 bridgehead atoms. The van der Waals surface area contributed by atoms with Gasteiger partial charge in [-0.2, -0.15) is 0 Å². The second-order valence-corrected chi connectivity index (χ2v) is 7.46. The molecule has 0 aromatic heterocycles. The lowest BCUT2D eigenvalue weighted by Gasteiger charge is -2.24. The molecule has 1 heterocycles. The van der Waals surface area contributed by atoms with Gasteiger partial charge in [0.2, 0.25) is 5.91 Å². The van der Waals surface area contributed by atoms with E-state index in [1.165, 1.54) is 17.3 Å². The zero-order valence-corrected chi connectivity index (χ0v) is 15.3. The van der Waals surface area contributed by atoms with Crippen LogP contribution >= 0.6 is 11.8 Å². The molecule has 1 atom stereocenters. The largest absolute Gasteiger partial charge is 0.339 e. The first-order valence-electron chi connectivity index (χ1n) is 8.53. The Morgan fingerprint density at radius 3 is 2.68 bits per heavy atom. The Kier molecular flexibility index (Phi) is 5.43. The zero-order valence-electron chi connectivity index (χ0n) is 14.5. The van der Waals surface area contributed by atoms with Gasteiger partial charge in [-0.25, -0.2) is 0 Å². The topological polar surface area (TPSA) is 49.4 Å². The van der Waals surface area contributed by atoms with Gasteiger partial charge in [-0.15, -0.1) is 11.8 Å². The van der Waals surface area contributed by atoms with Crippen molar-refractivity contribution in [2.24, 2.45) is 0 Å². The maximum Gasteiger partial charge on any atom is 0.253 e. The Hall–Kier alpha value is -2.27. The van der Waals surface area contributed by atoms with E-state index in [1.807, 2.05) is 49.1 Å². The monoisotopic (exact) mass is 354 g/mol. The molecule has 25 heavy (non-hydrogen) atoms. The van der Waals surface area contributed by atoms with E-state index in [0.717, 1.165) is 17.0 Å². The van der Waals surface area contributed by atoms with E-state index in [4.69, 9.17) is 0 Å². The van der Waals surface area contributed by atoms with Crippen LogP contribution in [0.3, 0.4) is 0 Å². The lowest BCUT2D eigenvalue weighted by Crippen LogP contribution is -2.33. The molecule has 0 radical (unpaired) electrons. The van der Waals surface area contributed by atoms with Crippen molar-refractivity contribution < 1.29 is 9.59 Å². The average molecular weight is 354 g/mol. The summed E-state index contributed by atoms with van der Waals surface area (Å²) in [6.07, 6.45) is 0.829. The van der Waals surface area contributed by atoms with Gasteiger partial charge < -0.3 is 10.2 Å². The van der Waals surface area contributed by atoms with Gasteiger partial charge in [0, 0.05) is 23.5 Å². The number of anilines is 1. The van der Waals surface area contributed by atoms with Crippen molar-refractivity contribution in [3.05, 3.63) is 59.7 Å². The molecule has 2 aromatic rings. The Labute approximate surface area is 152 Å². The molecule has 1 aliphatic heterocycles. The summed E-state index contributed by atoms with van der Waals surface area (Å²) >= 11 is 1.53. The van der Waals surface area contributed by atoms with E-state index in [-0.39, 0.29) is 17.1 Å². The maximum absolute atomic E-state index is 12.8. The Morgan fingerprint density at radius 2 is 1.96 bits per heavy atom. The van der Waals surface area contributed by atoms with E-state index in [1.54, 1.807) is 6.07 Å². The van der Waals surface area contributed by atoms with Gasteiger partial charge in [0.15, 0.2) is 0 Å². The standard InChI is InChI=1S/C20H22N2O2S/c1-3-22(12-11-15-7-5-4-6-8-15)20(24)16-9-10-18-17(13-16)21-19(23)14(2)25-18/h4-10,13-14H,3,11-12H2,1-2H3,(H,21,23). The van der Waals surface area contributed by atoms with Crippen molar-refractivity contribution in [2.75, 3.05) is 18.4 Å². The van der Waals surface area contributed by atoms with Crippen LogP contribution < -0.4 is 5.32 Å². The number of nitrogens with zero attached hydrogens (tertiary/aromatic N) is 1. The molecule has 0 fully saturated rings. The second-order valence-electron chi connectivity index (χ2n) is 6.08. The van der Waals surface area contributed by atoms with Crippen LogP contribution in [0, 0.1) is 0 Å². The molecule has 2 amide bonds. The maximum atomic E-state index is 12.8. The van der Waals surface area contributed by atoms with Gasteiger partial charge in [-0.05, 0) is 44.0 Å². The summed E-state index contributed by atoms with van der Waals surface area (Å²) in [5, 5.41) is 2.78. The Bertz CT molecular complexity index is 777. The lowest BCUT2D eigenvalue weighted by molar-refractivity contribution is -0.115. The molecule has 130 valence electrons. The summed E-state index contributed by atoms with van der Waals surface area (Å²) < 4.78 is 0. The van der Waals surface area contributed by atoms with Crippen molar-refractivity contribution in [1.82, 2.24) is 4.90 Å². The number of amides is 2. The minimum Gasteiger partial charge on any atom is -0.339 e. The smallest absolute Gasteiger partial charge is 0.253 e. The van der Waals surface area contributed by atoms with Gasteiger partial charge in [-0.3, -0.25) is 9.59 Å².